The number of para-hydroxylation sites is 1. The molecule has 0 saturated heterocycles. The maximum atomic E-state index is 13.1. The van der Waals surface area contributed by atoms with Crippen LogP contribution in [0.3, 0.4) is 0 Å². The van der Waals surface area contributed by atoms with Crippen LogP contribution >= 0.6 is 0 Å². The van der Waals surface area contributed by atoms with E-state index in [1.54, 1.807) is 21.0 Å². The highest BCUT2D eigenvalue weighted by atomic mass is 16.7. The molecule has 1 aliphatic rings. The lowest BCUT2D eigenvalue weighted by molar-refractivity contribution is -0.179. The first-order chi connectivity index (χ1) is 12.3. The van der Waals surface area contributed by atoms with Crippen LogP contribution in [0.15, 0.2) is 30.3 Å². The Morgan fingerprint density at radius 2 is 1.96 bits per heavy atom. The fourth-order valence-electron chi connectivity index (χ4n) is 3.20. The summed E-state index contributed by atoms with van der Waals surface area (Å²) in [7, 11) is 3.26. The molecule has 26 heavy (non-hydrogen) atoms. The summed E-state index contributed by atoms with van der Waals surface area (Å²) in [5, 5.41) is 1.33. The predicted octanol–water partition coefficient (Wildman–Crippen LogP) is 2.93. The van der Waals surface area contributed by atoms with E-state index in [0.29, 0.717) is 11.3 Å². The third-order valence-corrected chi connectivity index (χ3v) is 4.38. The maximum absolute atomic E-state index is 13.1. The largest absolute Gasteiger partial charge is 0.367 e. The highest BCUT2D eigenvalue weighted by molar-refractivity contribution is 6.36. The highest BCUT2D eigenvalue weighted by Gasteiger charge is 2.38. The van der Waals surface area contributed by atoms with E-state index in [-0.39, 0.29) is 5.91 Å². The van der Waals surface area contributed by atoms with E-state index in [2.05, 4.69) is 4.98 Å². The Kier molecular flexibility index (Phi) is 4.70. The number of rotatable bonds is 4. The molecule has 1 aromatic carbocycles. The van der Waals surface area contributed by atoms with Gasteiger partial charge in [-0.25, -0.2) is 4.79 Å². The van der Waals surface area contributed by atoms with Crippen LogP contribution in [-0.2, 0) is 14.4 Å². The number of carbonyl (C=O) groups is 2. The molecule has 0 fully saturated rings. The van der Waals surface area contributed by atoms with Crippen molar-refractivity contribution in [1.29, 1.82) is 0 Å². The van der Waals surface area contributed by atoms with Gasteiger partial charge in [0, 0.05) is 31.0 Å². The van der Waals surface area contributed by atoms with Gasteiger partial charge in [0.25, 0.3) is 5.91 Å². The summed E-state index contributed by atoms with van der Waals surface area (Å²) in [6, 6.07) is 8.79. The monoisotopic (exact) mass is 353 g/mol. The second-order valence-electron chi connectivity index (χ2n) is 6.70. The van der Waals surface area contributed by atoms with Crippen molar-refractivity contribution in [1.82, 2.24) is 10.0 Å². The lowest BCUT2D eigenvalue weighted by atomic mass is 10.1. The molecule has 2 aromatic rings. The van der Waals surface area contributed by atoms with Crippen LogP contribution in [0.4, 0.5) is 5.69 Å². The minimum absolute atomic E-state index is 0.207. The van der Waals surface area contributed by atoms with E-state index >= 15 is 0 Å². The number of hydrogen-bond donors (Lipinski definition) is 1. The number of anilines is 1. The van der Waals surface area contributed by atoms with Crippen LogP contribution in [-0.4, -0.2) is 42.1 Å². The third-order valence-electron chi connectivity index (χ3n) is 4.38. The second kappa shape index (κ2) is 6.80. The number of nitrogens with one attached hydrogen (secondary N) is 1. The second-order valence-corrected chi connectivity index (χ2v) is 6.70. The first-order valence-electron chi connectivity index (χ1n) is 8.49. The van der Waals surface area contributed by atoms with Gasteiger partial charge in [0.05, 0.1) is 11.3 Å². The Morgan fingerprint density at radius 1 is 1.27 bits per heavy atom. The van der Waals surface area contributed by atoms with E-state index in [1.807, 2.05) is 50.3 Å². The molecule has 136 valence electrons. The highest BCUT2D eigenvalue weighted by Crippen LogP contribution is 2.39. The zero-order valence-electron chi connectivity index (χ0n) is 15.7. The lowest BCUT2D eigenvalue weighted by Gasteiger charge is -2.24. The van der Waals surface area contributed by atoms with Crippen molar-refractivity contribution in [2.75, 3.05) is 19.0 Å². The van der Waals surface area contributed by atoms with Gasteiger partial charge in [-0.1, -0.05) is 18.2 Å². The van der Waals surface area contributed by atoms with E-state index in [4.69, 9.17) is 4.84 Å². The average molecular weight is 353 g/mol. The van der Waals surface area contributed by atoms with Crippen molar-refractivity contribution in [3.63, 3.8) is 0 Å². The van der Waals surface area contributed by atoms with E-state index in [0.717, 1.165) is 22.5 Å². The molecule has 1 aliphatic heterocycles. The van der Waals surface area contributed by atoms with E-state index in [9.17, 15) is 9.59 Å². The van der Waals surface area contributed by atoms with Crippen molar-refractivity contribution in [3.05, 3.63) is 52.8 Å². The summed E-state index contributed by atoms with van der Waals surface area (Å²) < 4.78 is 0. The van der Waals surface area contributed by atoms with E-state index in [1.165, 1.54) is 9.96 Å². The number of aromatic amines is 1. The van der Waals surface area contributed by atoms with Crippen molar-refractivity contribution < 1.29 is 14.4 Å². The fraction of sp³-hybridized carbons (Fsp3) is 0.300. The molecule has 0 aliphatic carbocycles. The molecule has 6 heteroatoms. The molecule has 0 spiro atoms. The number of hydroxylamine groups is 2. The molecule has 0 bridgehead atoms. The van der Waals surface area contributed by atoms with Crippen molar-refractivity contribution in [2.45, 2.75) is 26.8 Å². The van der Waals surface area contributed by atoms with Crippen LogP contribution in [0.25, 0.3) is 11.6 Å². The molecule has 3 rings (SSSR count). The standard InChI is InChI=1S/C20H23N3O3/c1-12-10-13(2)21-17(12)11-16-15-8-6-7-9-18(15)23(19(16)24)14(3)20(25)26-22(4)5/h6-11,14,21H,1-5H3. The predicted molar refractivity (Wildman–Crippen MR) is 101 cm³/mol. The number of aromatic nitrogens is 1. The number of hydrogen-bond acceptors (Lipinski definition) is 4. The van der Waals surface area contributed by atoms with Crippen LogP contribution in [0, 0.1) is 13.8 Å². The molecule has 1 unspecified atom stereocenters. The quantitative estimate of drug-likeness (QED) is 0.678. The molecule has 1 atom stereocenters. The summed E-state index contributed by atoms with van der Waals surface area (Å²) in [5.41, 5.74) is 5.09. The van der Waals surface area contributed by atoms with Gasteiger partial charge in [0.1, 0.15) is 6.04 Å². The number of nitrogens with zero attached hydrogens (tertiary/aromatic N) is 2. The van der Waals surface area contributed by atoms with Gasteiger partial charge in [-0.3, -0.25) is 9.69 Å². The zero-order chi connectivity index (χ0) is 19.0. The summed E-state index contributed by atoms with van der Waals surface area (Å²) in [5.74, 6) is -0.688. The van der Waals surface area contributed by atoms with Gasteiger partial charge in [-0.15, -0.1) is 5.06 Å². The summed E-state index contributed by atoms with van der Waals surface area (Å²) in [4.78, 5) is 35.4. The van der Waals surface area contributed by atoms with Crippen LogP contribution in [0.2, 0.25) is 0 Å². The molecule has 1 amide bonds. The number of amides is 1. The van der Waals surface area contributed by atoms with Gasteiger partial charge in [0.2, 0.25) is 0 Å². The molecule has 0 saturated carbocycles. The number of fused-ring (bicyclic) bond motifs is 1. The number of carbonyl (C=O) groups excluding carboxylic acids is 2. The van der Waals surface area contributed by atoms with Gasteiger partial charge >= 0.3 is 5.97 Å². The Balaban J connectivity index is 2.04. The topological polar surface area (TPSA) is 65.6 Å². The minimum Gasteiger partial charge on any atom is -0.367 e. The van der Waals surface area contributed by atoms with E-state index < -0.39 is 12.0 Å². The van der Waals surface area contributed by atoms with Crippen molar-refractivity contribution >= 4 is 29.2 Å². The molecule has 0 radical (unpaired) electrons. The number of aryl methyl sites for hydroxylation is 2. The maximum Gasteiger partial charge on any atom is 0.347 e. The number of H-pyrrole nitrogens is 1. The van der Waals surface area contributed by atoms with Crippen molar-refractivity contribution in [3.8, 4) is 0 Å². The first-order valence-corrected chi connectivity index (χ1v) is 8.49. The van der Waals surface area contributed by atoms with Gasteiger partial charge in [-0.05, 0) is 44.5 Å². The Labute approximate surface area is 153 Å². The fourth-order valence-corrected chi connectivity index (χ4v) is 3.20. The third kappa shape index (κ3) is 3.15. The zero-order valence-corrected chi connectivity index (χ0v) is 15.7. The van der Waals surface area contributed by atoms with Gasteiger partial charge < -0.3 is 9.82 Å². The van der Waals surface area contributed by atoms with Crippen LogP contribution in [0.5, 0.6) is 0 Å². The SMILES string of the molecule is Cc1cc(C)c(C=C2C(=O)N(C(C)C(=O)ON(C)C)c3ccccc32)[nH]1. The molecule has 6 nitrogen and oxygen atoms in total. The summed E-state index contributed by atoms with van der Waals surface area (Å²) in [6.45, 7) is 5.65. The molecule has 2 heterocycles. The molecular weight excluding hydrogens is 330 g/mol. The minimum atomic E-state index is -0.733. The molecule has 1 aromatic heterocycles. The Morgan fingerprint density at radius 3 is 2.58 bits per heavy atom. The average Bonchev–Trinajstić information content (AvgIpc) is 3.03. The van der Waals surface area contributed by atoms with Crippen LogP contribution in [0.1, 0.15) is 29.4 Å². The van der Waals surface area contributed by atoms with Crippen LogP contribution < -0.4 is 4.90 Å². The molecular formula is C20H23N3O3. The Bertz CT molecular complexity index is 895. The number of benzene rings is 1. The summed E-state index contributed by atoms with van der Waals surface area (Å²) >= 11 is 0. The lowest BCUT2D eigenvalue weighted by Crippen LogP contribution is -2.43. The normalized spacial score (nSPS) is 16.3. The first kappa shape index (κ1) is 17.9. The van der Waals surface area contributed by atoms with Gasteiger partial charge in [-0.2, -0.15) is 0 Å². The smallest absolute Gasteiger partial charge is 0.347 e. The molecule has 1 N–H and O–H groups in total. The Hall–Kier alpha value is -2.86. The van der Waals surface area contributed by atoms with Crippen molar-refractivity contribution in [2.24, 2.45) is 0 Å². The van der Waals surface area contributed by atoms with Gasteiger partial charge in [0.15, 0.2) is 0 Å². The summed E-state index contributed by atoms with van der Waals surface area (Å²) in [6.07, 6.45) is 1.85.